The molecule has 0 radical (unpaired) electrons. The average molecular weight is 407 g/mol. The van der Waals surface area contributed by atoms with E-state index in [2.05, 4.69) is 25.0 Å². The van der Waals surface area contributed by atoms with E-state index in [1.54, 1.807) is 0 Å². The smallest absolute Gasteiger partial charge is 0.225 e. The van der Waals surface area contributed by atoms with Gasteiger partial charge in [0.2, 0.25) is 11.8 Å². The Hall–Kier alpha value is -1.83. The van der Waals surface area contributed by atoms with E-state index in [0.717, 1.165) is 84.0 Å². The summed E-state index contributed by atoms with van der Waals surface area (Å²) in [7, 11) is 1.81. The Morgan fingerprint density at radius 1 is 1.00 bits per heavy atom. The first-order chi connectivity index (χ1) is 14.1. The molecule has 3 aliphatic rings. The van der Waals surface area contributed by atoms with Crippen molar-refractivity contribution in [1.29, 1.82) is 0 Å². The van der Waals surface area contributed by atoms with E-state index in [9.17, 15) is 9.59 Å². The quantitative estimate of drug-likeness (QED) is 0.494. The van der Waals surface area contributed by atoms with Crippen LogP contribution >= 0.6 is 0 Å². The van der Waals surface area contributed by atoms with Gasteiger partial charge in [-0.25, -0.2) is 0 Å². The molecule has 2 aliphatic heterocycles. The topological polar surface area (TPSA) is 94.3 Å². The van der Waals surface area contributed by atoms with Gasteiger partial charge in [-0.05, 0) is 31.6 Å². The van der Waals surface area contributed by atoms with Gasteiger partial charge in [0.15, 0.2) is 5.96 Å². The lowest BCUT2D eigenvalue weighted by Gasteiger charge is -2.37. The number of likely N-dealkylation sites (tertiary alicyclic amines) is 1. The van der Waals surface area contributed by atoms with Crippen molar-refractivity contribution in [1.82, 2.24) is 20.0 Å². The summed E-state index contributed by atoms with van der Waals surface area (Å²) < 4.78 is 0. The van der Waals surface area contributed by atoms with Gasteiger partial charge in [-0.15, -0.1) is 0 Å². The predicted octanol–water partition coefficient (Wildman–Crippen LogP) is 0.484. The molecule has 2 heterocycles. The largest absolute Gasteiger partial charge is 0.370 e. The molecule has 2 amide bonds. The number of guanidine groups is 1. The van der Waals surface area contributed by atoms with Gasteiger partial charge in [-0.1, -0.05) is 12.8 Å². The van der Waals surface area contributed by atoms with Crippen LogP contribution in [0.2, 0.25) is 0 Å². The fourth-order valence-electron chi connectivity index (χ4n) is 4.99. The molecule has 0 aromatic rings. The zero-order chi connectivity index (χ0) is 20.6. The number of hydrogen-bond acceptors (Lipinski definition) is 4. The van der Waals surface area contributed by atoms with Gasteiger partial charge >= 0.3 is 0 Å². The Bertz CT molecular complexity index is 582. The highest BCUT2D eigenvalue weighted by Gasteiger charge is 2.29. The lowest BCUT2D eigenvalue weighted by molar-refractivity contribution is -0.137. The van der Waals surface area contributed by atoms with Crippen LogP contribution in [0.25, 0.3) is 0 Å². The van der Waals surface area contributed by atoms with Crippen molar-refractivity contribution in [3.63, 3.8) is 0 Å². The second-order valence-corrected chi connectivity index (χ2v) is 8.75. The van der Waals surface area contributed by atoms with Gasteiger partial charge in [-0.3, -0.25) is 19.5 Å². The van der Waals surface area contributed by atoms with Crippen LogP contribution in [-0.4, -0.2) is 91.9 Å². The molecule has 1 atom stereocenters. The van der Waals surface area contributed by atoms with Gasteiger partial charge in [0.05, 0.1) is 0 Å². The molecule has 8 heteroatoms. The third-order valence-corrected chi connectivity index (χ3v) is 6.62. The lowest BCUT2D eigenvalue weighted by Crippen LogP contribution is -2.52. The van der Waals surface area contributed by atoms with Crippen molar-refractivity contribution >= 4 is 17.8 Å². The van der Waals surface area contributed by atoms with Crippen LogP contribution < -0.4 is 11.1 Å². The normalized spacial score (nSPS) is 24.7. The van der Waals surface area contributed by atoms with Crippen molar-refractivity contribution in [3.05, 3.63) is 0 Å². The highest BCUT2D eigenvalue weighted by atomic mass is 16.2. The summed E-state index contributed by atoms with van der Waals surface area (Å²) in [5, 5.41) is 3.48. The highest BCUT2D eigenvalue weighted by Crippen LogP contribution is 2.27. The molecule has 164 valence electrons. The fourth-order valence-corrected chi connectivity index (χ4v) is 4.99. The number of nitrogens with two attached hydrogens (primary N) is 1. The van der Waals surface area contributed by atoms with Crippen LogP contribution in [0, 0.1) is 11.8 Å². The SMILES string of the molecule is CN=C(NCCN1CCN(C(=O)C2CCCC2)CC1)N1CCCC(CC(N)=O)C1. The van der Waals surface area contributed by atoms with E-state index in [0.29, 0.717) is 18.2 Å². The Morgan fingerprint density at radius 2 is 1.72 bits per heavy atom. The number of carbonyl (C=O) groups excluding carboxylic acids is 2. The van der Waals surface area contributed by atoms with Crippen LogP contribution in [0.1, 0.15) is 44.9 Å². The molecule has 3 N–H and O–H groups in total. The maximum absolute atomic E-state index is 12.6. The molecule has 1 saturated carbocycles. The number of carbonyl (C=O) groups is 2. The summed E-state index contributed by atoms with van der Waals surface area (Å²) in [6.45, 7) is 7.19. The van der Waals surface area contributed by atoms with Crippen LogP contribution in [0.3, 0.4) is 0 Å². The van der Waals surface area contributed by atoms with E-state index in [-0.39, 0.29) is 11.8 Å². The van der Waals surface area contributed by atoms with E-state index in [1.807, 2.05) is 7.05 Å². The summed E-state index contributed by atoms with van der Waals surface area (Å²) in [5.41, 5.74) is 5.37. The lowest BCUT2D eigenvalue weighted by atomic mass is 9.95. The van der Waals surface area contributed by atoms with Crippen molar-refractivity contribution in [3.8, 4) is 0 Å². The highest BCUT2D eigenvalue weighted by molar-refractivity contribution is 5.80. The molecule has 29 heavy (non-hydrogen) atoms. The third kappa shape index (κ3) is 6.32. The van der Waals surface area contributed by atoms with E-state index in [4.69, 9.17) is 5.73 Å². The van der Waals surface area contributed by atoms with E-state index in [1.165, 1.54) is 12.8 Å². The van der Waals surface area contributed by atoms with Gasteiger partial charge < -0.3 is 20.9 Å². The van der Waals surface area contributed by atoms with Crippen LogP contribution in [-0.2, 0) is 9.59 Å². The molecule has 2 saturated heterocycles. The first-order valence-electron chi connectivity index (χ1n) is 11.3. The number of rotatable bonds is 6. The van der Waals surface area contributed by atoms with Gasteiger partial charge in [0, 0.05) is 71.7 Å². The maximum atomic E-state index is 12.6. The number of nitrogens with one attached hydrogen (secondary N) is 1. The van der Waals surface area contributed by atoms with Crippen molar-refractivity contribution in [2.75, 3.05) is 59.4 Å². The molecular formula is C21H38N6O2. The number of primary amides is 1. The summed E-state index contributed by atoms with van der Waals surface area (Å²) in [4.78, 5) is 35.0. The number of piperidine rings is 1. The molecule has 1 aliphatic carbocycles. The third-order valence-electron chi connectivity index (χ3n) is 6.62. The summed E-state index contributed by atoms with van der Waals surface area (Å²) in [6.07, 6.45) is 7.17. The number of piperazine rings is 1. The molecule has 1 unspecified atom stereocenters. The zero-order valence-electron chi connectivity index (χ0n) is 17.9. The number of hydrogen-bond donors (Lipinski definition) is 2. The monoisotopic (exact) mass is 406 g/mol. The van der Waals surface area contributed by atoms with Gasteiger partial charge in [0.1, 0.15) is 0 Å². The number of aliphatic imine (C=N–C) groups is 1. The molecule has 0 spiro atoms. The van der Waals surface area contributed by atoms with E-state index >= 15 is 0 Å². The Kier molecular flexibility index (Phi) is 8.15. The van der Waals surface area contributed by atoms with Crippen molar-refractivity contribution < 1.29 is 9.59 Å². The molecule has 8 nitrogen and oxygen atoms in total. The van der Waals surface area contributed by atoms with Gasteiger partial charge in [-0.2, -0.15) is 0 Å². The Morgan fingerprint density at radius 3 is 2.38 bits per heavy atom. The zero-order valence-corrected chi connectivity index (χ0v) is 17.9. The molecule has 0 aromatic heterocycles. The molecule has 3 fully saturated rings. The fraction of sp³-hybridized carbons (Fsp3) is 0.857. The number of amides is 2. The second kappa shape index (κ2) is 10.8. The Labute approximate surface area is 174 Å². The minimum Gasteiger partial charge on any atom is -0.370 e. The van der Waals surface area contributed by atoms with Crippen LogP contribution in [0.15, 0.2) is 4.99 Å². The number of nitrogens with zero attached hydrogens (tertiary/aromatic N) is 4. The summed E-state index contributed by atoms with van der Waals surface area (Å²) in [5.74, 6) is 1.69. The summed E-state index contributed by atoms with van der Waals surface area (Å²) >= 11 is 0. The van der Waals surface area contributed by atoms with Crippen LogP contribution in [0.4, 0.5) is 0 Å². The molecule has 3 rings (SSSR count). The van der Waals surface area contributed by atoms with Gasteiger partial charge in [0.25, 0.3) is 0 Å². The molecule has 0 bridgehead atoms. The van der Waals surface area contributed by atoms with Crippen molar-refractivity contribution in [2.45, 2.75) is 44.9 Å². The maximum Gasteiger partial charge on any atom is 0.225 e. The average Bonchev–Trinajstić information content (AvgIpc) is 3.26. The first-order valence-corrected chi connectivity index (χ1v) is 11.3. The molecular weight excluding hydrogens is 368 g/mol. The minimum atomic E-state index is -0.217. The first kappa shape index (κ1) is 21.9. The molecule has 0 aromatic carbocycles. The minimum absolute atomic E-state index is 0.217. The van der Waals surface area contributed by atoms with E-state index < -0.39 is 0 Å². The summed E-state index contributed by atoms with van der Waals surface area (Å²) in [6, 6.07) is 0. The van der Waals surface area contributed by atoms with Crippen LogP contribution in [0.5, 0.6) is 0 Å². The Balaban J connectivity index is 1.36. The predicted molar refractivity (Wildman–Crippen MR) is 114 cm³/mol. The standard InChI is InChI=1S/C21H38N6O2/c1-23-21(27-9-4-5-17(16-27)15-19(22)28)24-8-10-25-11-13-26(14-12-25)20(29)18-6-2-3-7-18/h17-18H,2-16H2,1H3,(H2,22,28)(H,23,24). The van der Waals surface area contributed by atoms with Crippen molar-refractivity contribution in [2.24, 2.45) is 22.6 Å². The second-order valence-electron chi connectivity index (χ2n) is 8.75.